The molecule has 1 unspecified atom stereocenters. The second kappa shape index (κ2) is 9.14. The van der Waals surface area contributed by atoms with Crippen molar-refractivity contribution in [2.75, 3.05) is 13.1 Å². The number of carbonyl (C=O) groups excluding carboxylic acids is 1. The minimum absolute atomic E-state index is 0.0736. The Morgan fingerprint density at radius 1 is 1.20 bits per heavy atom. The smallest absolute Gasteiger partial charge is 0.176 e. The van der Waals surface area contributed by atoms with E-state index in [-0.39, 0.29) is 11.0 Å². The Morgan fingerprint density at radius 2 is 1.80 bits per heavy atom. The van der Waals surface area contributed by atoms with Gasteiger partial charge >= 0.3 is 0 Å². The Kier molecular flexibility index (Phi) is 7.85. The van der Waals surface area contributed by atoms with Gasteiger partial charge in [-0.1, -0.05) is 67.7 Å². The summed E-state index contributed by atoms with van der Waals surface area (Å²) in [5.41, 5.74) is 0.779. The van der Waals surface area contributed by atoms with Gasteiger partial charge in [-0.25, -0.2) is 0 Å². The van der Waals surface area contributed by atoms with Crippen molar-refractivity contribution in [1.82, 2.24) is 4.90 Å². The van der Waals surface area contributed by atoms with E-state index in [1.54, 1.807) is 0 Å². The number of rotatable bonds is 7. The van der Waals surface area contributed by atoms with Crippen molar-refractivity contribution in [3.63, 3.8) is 0 Å². The van der Waals surface area contributed by atoms with Crippen LogP contribution in [0.1, 0.15) is 44.0 Å². The van der Waals surface area contributed by atoms with Gasteiger partial charge in [0.05, 0.1) is 5.25 Å². The molecular formula is C16H23NOS2. The highest BCUT2D eigenvalue weighted by Crippen LogP contribution is 2.24. The Hall–Kier alpha value is -0.870. The van der Waals surface area contributed by atoms with Crippen LogP contribution < -0.4 is 0 Å². The van der Waals surface area contributed by atoms with Crippen molar-refractivity contribution < 1.29 is 4.79 Å². The van der Waals surface area contributed by atoms with Crippen LogP contribution in [-0.4, -0.2) is 33.3 Å². The lowest BCUT2D eigenvalue weighted by atomic mass is 10.1. The van der Waals surface area contributed by atoms with Crippen LogP contribution in [0.15, 0.2) is 30.3 Å². The molecule has 0 saturated carbocycles. The zero-order valence-electron chi connectivity index (χ0n) is 12.5. The largest absolute Gasteiger partial charge is 0.358 e. The average Bonchev–Trinajstić information content (AvgIpc) is 2.48. The first-order valence-corrected chi connectivity index (χ1v) is 8.47. The van der Waals surface area contributed by atoms with Crippen LogP contribution in [-0.2, 0) is 0 Å². The van der Waals surface area contributed by atoms with Crippen LogP contribution in [0.25, 0.3) is 0 Å². The van der Waals surface area contributed by atoms with Crippen LogP contribution >= 0.6 is 24.0 Å². The van der Waals surface area contributed by atoms with E-state index >= 15 is 0 Å². The van der Waals surface area contributed by atoms with Crippen LogP contribution in [0.2, 0.25) is 0 Å². The van der Waals surface area contributed by atoms with Crippen LogP contribution in [0.3, 0.4) is 0 Å². The van der Waals surface area contributed by atoms with Crippen LogP contribution in [0.4, 0.5) is 0 Å². The lowest BCUT2D eigenvalue weighted by Crippen LogP contribution is -2.30. The van der Waals surface area contributed by atoms with E-state index in [0.29, 0.717) is 0 Å². The molecule has 0 spiro atoms. The fraction of sp³-hybridized carbons (Fsp3) is 0.500. The molecule has 0 heterocycles. The highest BCUT2D eigenvalue weighted by molar-refractivity contribution is 8.23. The number of Topliss-reactive ketones (excluding diaryl/α,β-unsaturated/α-hetero) is 1. The molecule has 110 valence electrons. The van der Waals surface area contributed by atoms with Crippen molar-refractivity contribution in [3.8, 4) is 0 Å². The van der Waals surface area contributed by atoms with Crippen molar-refractivity contribution in [1.29, 1.82) is 0 Å². The molecule has 1 aromatic rings. The third kappa shape index (κ3) is 4.91. The molecule has 1 aromatic carbocycles. The number of hydrogen-bond acceptors (Lipinski definition) is 3. The Bertz CT molecular complexity index is 429. The Balaban J connectivity index is 2.79. The molecule has 0 aromatic heterocycles. The number of nitrogens with zero attached hydrogens (tertiary/aromatic N) is 1. The predicted octanol–water partition coefficient (Wildman–Crippen LogP) is 4.40. The second-order valence-corrected chi connectivity index (χ2v) is 6.40. The van der Waals surface area contributed by atoms with Crippen LogP contribution in [0, 0.1) is 0 Å². The molecule has 20 heavy (non-hydrogen) atoms. The molecule has 2 nitrogen and oxygen atoms in total. The number of thioether (sulfide) groups is 1. The van der Waals surface area contributed by atoms with E-state index < -0.39 is 0 Å². The van der Waals surface area contributed by atoms with Gasteiger partial charge in [0.1, 0.15) is 4.32 Å². The number of carbonyl (C=O) groups is 1. The van der Waals surface area contributed by atoms with Crippen molar-refractivity contribution in [2.45, 2.75) is 38.9 Å². The van der Waals surface area contributed by atoms with Gasteiger partial charge < -0.3 is 4.90 Å². The molecule has 1 atom stereocenters. The van der Waals surface area contributed by atoms with Gasteiger partial charge in [-0.15, -0.1) is 0 Å². The Labute approximate surface area is 131 Å². The lowest BCUT2D eigenvalue weighted by Gasteiger charge is -2.24. The second-order valence-electron chi connectivity index (χ2n) is 4.56. The molecule has 0 bridgehead atoms. The van der Waals surface area contributed by atoms with Crippen molar-refractivity contribution >= 4 is 34.1 Å². The zero-order chi connectivity index (χ0) is 15.0. The number of ketones is 1. The van der Waals surface area contributed by atoms with Crippen molar-refractivity contribution in [3.05, 3.63) is 35.9 Å². The lowest BCUT2D eigenvalue weighted by molar-refractivity contribution is 0.0986. The average molecular weight is 309 g/mol. The maximum absolute atomic E-state index is 12.6. The van der Waals surface area contributed by atoms with Gasteiger partial charge in [-0.05, 0) is 20.3 Å². The van der Waals surface area contributed by atoms with Crippen molar-refractivity contribution in [2.24, 2.45) is 0 Å². The molecule has 1 rings (SSSR count). The van der Waals surface area contributed by atoms with Gasteiger partial charge in [-0.3, -0.25) is 4.79 Å². The third-order valence-corrected chi connectivity index (χ3v) is 4.91. The fourth-order valence-electron chi connectivity index (χ4n) is 1.97. The summed E-state index contributed by atoms with van der Waals surface area (Å²) in [5, 5.41) is -0.0736. The normalized spacial score (nSPS) is 11.9. The molecule has 0 amide bonds. The summed E-state index contributed by atoms with van der Waals surface area (Å²) < 4.78 is 0.831. The topological polar surface area (TPSA) is 20.3 Å². The standard InChI is InChI=1S/C16H23NOS2/c1-4-10-14(20-16(19)17(5-2)6-3)15(18)13-11-8-7-9-12-13/h7-9,11-12,14H,4-6,10H2,1-3H3. The quantitative estimate of drug-likeness (QED) is 0.549. The predicted molar refractivity (Wildman–Crippen MR) is 92.6 cm³/mol. The summed E-state index contributed by atoms with van der Waals surface area (Å²) >= 11 is 7.01. The minimum Gasteiger partial charge on any atom is -0.358 e. The molecule has 0 aliphatic heterocycles. The maximum Gasteiger partial charge on any atom is 0.176 e. The summed E-state index contributed by atoms with van der Waals surface area (Å²) in [6, 6.07) is 9.50. The number of thiocarbonyl (C=S) groups is 1. The van der Waals surface area contributed by atoms with Gasteiger partial charge in [0.15, 0.2) is 5.78 Å². The molecule has 0 saturated heterocycles. The SMILES string of the molecule is CCCC(SC(=S)N(CC)CC)C(=O)c1ccccc1. The maximum atomic E-state index is 12.6. The zero-order valence-corrected chi connectivity index (χ0v) is 14.1. The molecule has 0 N–H and O–H groups in total. The van der Waals surface area contributed by atoms with Gasteiger partial charge in [-0.2, -0.15) is 0 Å². The van der Waals surface area contributed by atoms with Crippen LogP contribution in [0.5, 0.6) is 0 Å². The first kappa shape index (κ1) is 17.2. The summed E-state index contributed by atoms with van der Waals surface area (Å²) in [6.45, 7) is 8.06. The minimum atomic E-state index is -0.0736. The van der Waals surface area contributed by atoms with E-state index in [1.165, 1.54) is 11.8 Å². The molecule has 0 fully saturated rings. The van der Waals surface area contributed by atoms with E-state index in [1.807, 2.05) is 30.3 Å². The summed E-state index contributed by atoms with van der Waals surface area (Å²) in [7, 11) is 0. The number of hydrogen-bond donors (Lipinski definition) is 0. The van der Waals surface area contributed by atoms with E-state index in [2.05, 4.69) is 25.7 Å². The van der Waals surface area contributed by atoms with E-state index in [4.69, 9.17) is 12.2 Å². The summed E-state index contributed by atoms with van der Waals surface area (Å²) in [6.07, 6.45) is 1.84. The Morgan fingerprint density at radius 3 is 2.30 bits per heavy atom. The first-order valence-electron chi connectivity index (χ1n) is 7.18. The van der Waals surface area contributed by atoms with Gasteiger partial charge in [0, 0.05) is 18.7 Å². The third-order valence-electron chi connectivity index (χ3n) is 3.17. The molecule has 4 heteroatoms. The highest BCUT2D eigenvalue weighted by Gasteiger charge is 2.22. The number of benzene rings is 1. The van der Waals surface area contributed by atoms with Gasteiger partial charge in [0.2, 0.25) is 0 Å². The monoisotopic (exact) mass is 309 g/mol. The molecule has 0 aliphatic carbocycles. The summed E-state index contributed by atoms with van der Waals surface area (Å²) in [4.78, 5) is 14.7. The summed E-state index contributed by atoms with van der Waals surface area (Å²) in [5.74, 6) is 0.187. The first-order chi connectivity index (χ1) is 9.63. The molecule has 0 aliphatic rings. The highest BCUT2D eigenvalue weighted by atomic mass is 32.2. The molecule has 0 radical (unpaired) electrons. The fourth-order valence-corrected chi connectivity index (χ4v) is 3.83. The van der Waals surface area contributed by atoms with E-state index in [9.17, 15) is 4.79 Å². The molecular weight excluding hydrogens is 286 g/mol. The van der Waals surface area contributed by atoms with Gasteiger partial charge in [0.25, 0.3) is 0 Å². The van der Waals surface area contributed by atoms with E-state index in [0.717, 1.165) is 35.8 Å².